The van der Waals surface area contributed by atoms with Crippen LogP contribution in [0.2, 0.25) is 0 Å². The summed E-state index contributed by atoms with van der Waals surface area (Å²) in [5.74, 6) is 1.03. The first-order chi connectivity index (χ1) is 10.1. The molecule has 9 heteroatoms. The first kappa shape index (κ1) is 15.5. The van der Waals surface area contributed by atoms with Crippen LogP contribution in [0.3, 0.4) is 0 Å². The van der Waals surface area contributed by atoms with Gasteiger partial charge in [-0.15, -0.1) is 0 Å². The van der Waals surface area contributed by atoms with Gasteiger partial charge in [-0.1, -0.05) is 5.16 Å². The van der Waals surface area contributed by atoms with Crippen LogP contribution in [0.4, 0.5) is 0 Å². The van der Waals surface area contributed by atoms with Crippen LogP contribution < -0.4 is 15.2 Å². The number of rotatable bonds is 4. The fourth-order valence-corrected chi connectivity index (χ4v) is 2.36. The SMILES string of the molecule is COc1cc(Br)c(Oc2nccnc2C(N)=NO)cc1Br. The Labute approximate surface area is 137 Å². The van der Waals surface area contributed by atoms with Gasteiger partial charge in [0.2, 0.25) is 5.88 Å². The fourth-order valence-electron chi connectivity index (χ4n) is 1.47. The van der Waals surface area contributed by atoms with E-state index in [1.807, 2.05) is 0 Å². The summed E-state index contributed by atoms with van der Waals surface area (Å²) in [6.07, 6.45) is 2.86. The molecule has 0 atom stereocenters. The van der Waals surface area contributed by atoms with Gasteiger partial charge >= 0.3 is 0 Å². The Kier molecular flexibility index (Phi) is 4.97. The number of hydrogen-bond acceptors (Lipinski definition) is 6. The van der Waals surface area contributed by atoms with E-state index in [0.717, 1.165) is 0 Å². The van der Waals surface area contributed by atoms with Crippen LogP contribution in [0.5, 0.6) is 17.4 Å². The third-order valence-corrected chi connectivity index (χ3v) is 3.67. The van der Waals surface area contributed by atoms with Crippen molar-refractivity contribution in [3.8, 4) is 17.4 Å². The molecule has 3 N–H and O–H groups in total. The average Bonchev–Trinajstić information content (AvgIpc) is 2.50. The smallest absolute Gasteiger partial charge is 0.249 e. The van der Waals surface area contributed by atoms with Crippen LogP contribution in [0, 0.1) is 0 Å². The summed E-state index contributed by atoms with van der Waals surface area (Å²) in [5.41, 5.74) is 5.68. The minimum atomic E-state index is -0.193. The lowest BCUT2D eigenvalue weighted by Gasteiger charge is -2.11. The number of halogens is 2. The number of hydrogen-bond donors (Lipinski definition) is 2. The van der Waals surface area contributed by atoms with Gasteiger partial charge in [0.25, 0.3) is 0 Å². The van der Waals surface area contributed by atoms with Crippen molar-refractivity contribution in [2.75, 3.05) is 7.11 Å². The van der Waals surface area contributed by atoms with Gasteiger partial charge in [0, 0.05) is 12.4 Å². The van der Waals surface area contributed by atoms with Crippen LogP contribution in [-0.4, -0.2) is 28.1 Å². The standard InChI is InChI=1S/C12H10Br2N4O3/c1-20-8-4-7(14)9(5-6(8)13)21-12-10(11(15)18-19)16-2-3-17-12/h2-5,19H,1H3,(H2,15,18). The lowest BCUT2D eigenvalue weighted by atomic mass is 10.3. The third kappa shape index (κ3) is 3.42. The van der Waals surface area contributed by atoms with Crippen molar-refractivity contribution in [2.45, 2.75) is 0 Å². The number of amidine groups is 1. The number of nitrogens with zero attached hydrogens (tertiary/aromatic N) is 3. The molecule has 0 aliphatic carbocycles. The predicted octanol–water partition coefficient (Wildman–Crippen LogP) is 2.90. The Morgan fingerprint density at radius 3 is 2.48 bits per heavy atom. The topological polar surface area (TPSA) is 103 Å². The van der Waals surface area contributed by atoms with Crippen LogP contribution in [0.25, 0.3) is 0 Å². The van der Waals surface area contributed by atoms with E-state index in [0.29, 0.717) is 20.4 Å². The van der Waals surface area contributed by atoms with E-state index in [1.165, 1.54) is 12.4 Å². The molecule has 0 radical (unpaired) electrons. The molecule has 1 aromatic heterocycles. The Morgan fingerprint density at radius 1 is 1.19 bits per heavy atom. The van der Waals surface area contributed by atoms with Crippen molar-refractivity contribution in [2.24, 2.45) is 10.9 Å². The van der Waals surface area contributed by atoms with Crippen LogP contribution in [-0.2, 0) is 0 Å². The molecular weight excluding hydrogens is 408 g/mol. The molecular formula is C12H10Br2N4O3. The first-order valence-electron chi connectivity index (χ1n) is 5.56. The molecule has 2 aromatic rings. The fraction of sp³-hybridized carbons (Fsp3) is 0.0833. The summed E-state index contributed by atoms with van der Waals surface area (Å²) < 4.78 is 12.2. The van der Waals surface area contributed by atoms with E-state index >= 15 is 0 Å². The largest absolute Gasteiger partial charge is 0.496 e. The molecule has 1 heterocycles. The van der Waals surface area contributed by atoms with Crippen molar-refractivity contribution in [3.63, 3.8) is 0 Å². The van der Waals surface area contributed by atoms with Gasteiger partial charge in [-0.05, 0) is 44.0 Å². The number of aromatic nitrogens is 2. The Morgan fingerprint density at radius 2 is 1.81 bits per heavy atom. The monoisotopic (exact) mass is 416 g/mol. The van der Waals surface area contributed by atoms with Crippen LogP contribution in [0.15, 0.2) is 38.6 Å². The molecule has 0 saturated carbocycles. The van der Waals surface area contributed by atoms with Gasteiger partial charge in [-0.3, -0.25) is 0 Å². The second-order valence-electron chi connectivity index (χ2n) is 3.71. The van der Waals surface area contributed by atoms with E-state index in [4.69, 9.17) is 20.4 Å². The molecule has 0 amide bonds. The van der Waals surface area contributed by atoms with Crippen LogP contribution in [0.1, 0.15) is 5.69 Å². The molecule has 0 aliphatic heterocycles. The lowest BCUT2D eigenvalue weighted by molar-refractivity contribution is 0.318. The van der Waals surface area contributed by atoms with Crippen molar-refractivity contribution in [3.05, 3.63) is 39.2 Å². The second-order valence-corrected chi connectivity index (χ2v) is 5.42. The summed E-state index contributed by atoms with van der Waals surface area (Å²) in [6.45, 7) is 0. The maximum atomic E-state index is 8.75. The molecule has 0 spiro atoms. The van der Waals surface area contributed by atoms with Gasteiger partial charge < -0.3 is 20.4 Å². The summed E-state index contributed by atoms with van der Waals surface area (Å²) in [7, 11) is 1.56. The van der Waals surface area contributed by atoms with Gasteiger partial charge in [0.05, 0.1) is 16.1 Å². The zero-order valence-electron chi connectivity index (χ0n) is 10.7. The molecule has 0 saturated heterocycles. The molecule has 2 rings (SSSR count). The third-order valence-electron chi connectivity index (χ3n) is 2.43. The molecule has 21 heavy (non-hydrogen) atoms. The average molecular weight is 418 g/mol. The first-order valence-corrected chi connectivity index (χ1v) is 7.15. The molecule has 0 unspecified atom stereocenters. The van der Waals surface area contributed by atoms with E-state index < -0.39 is 0 Å². The Hall–Kier alpha value is -1.87. The highest BCUT2D eigenvalue weighted by molar-refractivity contribution is 9.11. The number of ether oxygens (including phenoxy) is 2. The number of methoxy groups -OCH3 is 1. The Balaban J connectivity index is 2.42. The minimum Gasteiger partial charge on any atom is -0.496 e. The molecule has 0 bridgehead atoms. The number of benzene rings is 1. The Bertz CT molecular complexity index is 694. The second kappa shape index (κ2) is 6.72. The minimum absolute atomic E-state index is 0.116. The zero-order chi connectivity index (χ0) is 15.4. The normalized spacial score (nSPS) is 11.3. The highest BCUT2D eigenvalue weighted by Crippen LogP contribution is 2.38. The summed E-state index contributed by atoms with van der Waals surface area (Å²) in [4.78, 5) is 8.01. The van der Waals surface area contributed by atoms with Crippen molar-refractivity contribution < 1.29 is 14.7 Å². The summed E-state index contributed by atoms with van der Waals surface area (Å²) in [5, 5.41) is 11.7. The molecule has 0 fully saturated rings. The summed E-state index contributed by atoms with van der Waals surface area (Å²) in [6, 6.07) is 3.44. The number of nitrogens with two attached hydrogens (primary N) is 1. The maximum Gasteiger partial charge on any atom is 0.249 e. The highest BCUT2D eigenvalue weighted by atomic mass is 79.9. The van der Waals surface area contributed by atoms with E-state index in [2.05, 4.69) is 47.0 Å². The van der Waals surface area contributed by atoms with Crippen molar-refractivity contribution >= 4 is 37.7 Å². The highest BCUT2D eigenvalue weighted by Gasteiger charge is 2.15. The molecule has 7 nitrogen and oxygen atoms in total. The van der Waals surface area contributed by atoms with Crippen LogP contribution >= 0.6 is 31.9 Å². The molecule has 110 valence electrons. The van der Waals surface area contributed by atoms with E-state index in [9.17, 15) is 0 Å². The van der Waals surface area contributed by atoms with Gasteiger partial charge in [-0.2, -0.15) is 0 Å². The van der Waals surface area contributed by atoms with Gasteiger partial charge in [0.15, 0.2) is 11.5 Å². The van der Waals surface area contributed by atoms with E-state index in [1.54, 1.807) is 19.2 Å². The van der Waals surface area contributed by atoms with Gasteiger partial charge in [0.1, 0.15) is 11.5 Å². The molecule has 0 aliphatic rings. The lowest BCUT2D eigenvalue weighted by Crippen LogP contribution is -2.16. The van der Waals surface area contributed by atoms with Crippen molar-refractivity contribution in [1.82, 2.24) is 9.97 Å². The van der Waals surface area contributed by atoms with Gasteiger partial charge in [-0.25, -0.2) is 9.97 Å². The van der Waals surface area contributed by atoms with Crippen molar-refractivity contribution in [1.29, 1.82) is 0 Å². The maximum absolute atomic E-state index is 8.75. The van der Waals surface area contributed by atoms with E-state index in [-0.39, 0.29) is 17.4 Å². The number of oxime groups is 1. The molecule has 1 aromatic carbocycles. The predicted molar refractivity (Wildman–Crippen MR) is 83.0 cm³/mol. The quantitative estimate of drug-likeness (QED) is 0.343. The summed E-state index contributed by atoms with van der Waals surface area (Å²) >= 11 is 6.74. The zero-order valence-corrected chi connectivity index (χ0v) is 13.9.